The zero-order valence-corrected chi connectivity index (χ0v) is 14.0. The predicted molar refractivity (Wildman–Crippen MR) is 91.5 cm³/mol. The molecule has 0 spiro atoms. The smallest absolute Gasteiger partial charge is 0.0470 e. The van der Waals surface area contributed by atoms with Crippen LogP contribution >= 0.6 is 0 Å². The first kappa shape index (κ1) is 16.5. The molecule has 1 aliphatic rings. The molecular formula is C19H32N2. The third-order valence-corrected chi connectivity index (χ3v) is 5.00. The van der Waals surface area contributed by atoms with E-state index < -0.39 is 0 Å². The molecule has 1 unspecified atom stereocenters. The van der Waals surface area contributed by atoms with Crippen molar-refractivity contribution in [3.63, 3.8) is 0 Å². The van der Waals surface area contributed by atoms with E-state index in [-0.39, 0.29) is 0 Å². The number of likely N-dealkylation sites (tertiary alicyclic amines) is 1. The highest BCUT2D eigenvalue weighted by Crippen LogP contribution is 2.29. The molecule has 1 saturated heterocycles. The van der Waals surface area contributed by atoms with Crippen molar-refractivity contribution in [1.29, 1.82) is 0 Å². The normalized spacial score (nSPS) is 19.1. The number of hydrogen-bond donors (Lipinski definition) is 1. The van der Waals surface area contributed by atoms with Crippen LogP contribution in [-0.4, -0.2) is 24.5 Å². The fourth-order valence-corrected chi connectivity index (χ4v) is 3.56. The molecule has 1 fully saturated rings. The van der Waals surface area contributed by atoms with Crippen molar-refractivity contribution >= 4 is 0 Å². The van der Waals surface area contributed by atoms with Crippen LogP contribution in [0.15, 0.2) is 24.3 Å². The number of nitrogens with zero attached hydrogens (tertiary/aromatic N) is 1. The summed E-state index contributed by atoms with van der Waals surface area (Å²) in [5.74, 6) is 1.54. The first-order valence-corrected chi connectivity index (χ1v) is 8.69. The average molecular weight is 288 g/mol. The molecule has 0 aliphatic carbocycles. The lowest BCUT2D eigenvalue weighted by molar-refractivity contribution is 0.131. The third-order valence-electron chi connectivity index (χ3n) is 5.00. The van der Waals surface area contributed by atoms with Crippen molar-refractivity contribution in [2.45, 2.75) is 58.4 Å². The van der Waals surface area contributed by atoms with Crippen molar-refractivity contribution in [3.05, 3.63) is 35.4 Å². The molecule has 2 heteroatoms. The van der Waals surface area contributed by atoms with Crippen LogP contribution in [0.1, 0.15) is 69.5 Å². The summed E-state index contributed by atoms with van der Waals surface area (Å²) in [5.41, 5.74) is 8.88. The summed E-state index contributed by atoms with van der Waals surface area (Å²) in [6.07, 6.45) is 5.40. The lowest BCUT2D eigenvalue weighted by Crippen LogP contribution is -2.39. The second kappa shape index (κ2) is 7.95. The van der Waals surface area contributed by atoms with Gasteiger partial charge in [-0.3, -0.25) is 4.90 Å². The molecular weight excluding hydrogens is 256 g/mol. The monoisotopic (exact) mass is 288 g/mol. The molecule has 1 aromatic carbocycles. The van der Waals surface area contributed by atoms with E-state index in [1.807, 2.05) is 0 Å². The maximum Gasteiger partial charge on any atom is 0.0470 e. The van der Waals surface area contributed by atoms with Crippen molar-refractivity contribution in [2.24, 2.45) is 11.7 Å². The van der Waals surface area contributed by atoms with Gasteiger partial charge in [0.1, 0.15) is 0 Å². The second-order valence-corrected chi connectivity index (χ2v) is 6.84. The standard InChI is InChI=1S/C19H32N2/c1-4-5-16-10-12-21(13-11-16)19(14-20)18-8-6-17(7-9-18)15(2)3/h6-9,15-16,19H,4-5,10-14,20H2,1-3H3. The van der Waals surface area contributed by atoms with Crippen molar-refractivity contribution in [3.8, 4) is 0 Å². The van der Waals surface area contributed by atoms with E-state index >= 15 is 0 Å². The van der Waals surface area contributed by atoms with Gasteiger partial charge in [0.2, 0.25) is 0 Å². The van der Waals surface area contributed by atoms with Crippen LogP contribution in [0, 0.1) is 5.92 Å². The minimum atomic E-state index is 0.397. The molecule has 1 heterocycles. The van der Waals surface area contributed by atoms with E-state index in [4.69, 9.17) is 5.73 Å². The van der Waals surface area contributed by atoms with Gasteiger partial charge in [0.25, 0.3) is 0 Å². The molecule has 0 saturated carbocycles. The zero-order chi connectivity index (χ0) is 15.2. The molecule has 1 aromatic rings. The number of hydrogen-bond acceptors (Lipinski definition) is 2. The average Bonchev–Trinajstić information content (AvgIpc) is 2.50. The van der Waals surface area contributed by atoms with Crippen molar-refractivity contribution in [2.75, 3.05) is 19.6 Å². The highest BCUT2D eigenvalue weighted by atomic mass is 15.2. The SMILES string of the molecule is CCCC1CCN(C(CN)c2ccc(C(C)C)cc2)CC1. The van der Waals surface area contributed by atoms with Gasteiger partial charge in [0.05, 0.1) is 0 Å². The summed E-state index contributed by atoms with van der Waals surface area (Å²) in [5, 5.41) is 0. The third kappa shape index (κ3) is 4.31. The lowest BCUT2D eigenvalue weighted by Gasteiger charge is -2.37. The van der Waals surface area contributed by atoms with Gasteiger partial charge in [-0.25, -0.2) is 0 Å². The minimum absolute atomic E-state index is 0.397. The Hall–Kier alpha value is -0.860. The number of nitrogens with two attached hydrogens (primary N) is 1. The summed E-state index contributed by atoms with van der Waals surface area (Å²) >= 11 is 0. The van der Waals surface area contributed by atoms with Crippen LogP contribution in [0.5, 0.6) is 0 Å². The molecule has 1 aliphatic heterocycles. The molecule has 0 aromatic heterocycles. The number of benzene rings is 1. The summed E-state index contributed by atoms with van der Waals surface area (Å²) in [6, 6.07) is 9.50. The second-order valence-electron chi connectivity index (χ2n) is 6.84. The van der Waals surface area contributed by atoms with Crippen molar-refractivity contribution in [1.82, 2.24) is 4.90 Å². The minimum Gasteiger partial charge on any atom is -0.329 e. The quantitative estimate of drug-likeness (QED) is 0.844. The van der Waals surface area contributed by atoms with Gasteiger partial charge in [0, 0.05) is 12.6 Å². The fourth-order valence-electron chi connectivity index (χ4n) is 3.56. The van der Waals surface area contributed by atoms with E-state index in [9.17, 15) is 0 Å². The molecule has 21 heavy (non-hydrogen) atoms. The summed E-state index contributed by atoms with van der Waals surface area (Å²) in [6.45, 7) is 9.92. The molecule has 2 nitrogen and oxygen atoms in total. The maximum absolute atomic E-state index is 6.09. The first-order valence-electron chi connectivity index (χ1n) is 8.69. The van der Waals surface area contributed by atoms with Crippen LogP contribution in [0.25, 0.3) is 0 Å². The summed E-state index contributed by atoms with van der Waals surface area (Å²) < 4.78 is 0. The van der Waals surface area contributed by atoms with Crippen LogP contribution < -0.4 is 5.73 Å². The van der Waals surface area contributed by atoms with Gasteiger partial charge < -0.3 is 5.73 Å². The van der Waals surface area contributed by atoms with Crippen LogP contribution in [0.2, 0.25) is 0 Å². The Bertz CT molecular complexity index is 402. The first-order chi connectivity index (χ1) is 10.2. The lowest BCUT2D eigenvalue weighted by atomic mass is 9.90. The molecule has 118 valence electrons. The summed E-state index contributed by atoms with van der Waals surface area (Å²) in [7, 11) is 0. The molecule has 0 radical (unpaired) electrons. The molecule has 2 N–H and O–H groups in total. The highest BCUT2D eigenvalue weighted by molar-refractivity contribution is 5.27. The fraction of sp³-hybridized carbons (Fsp3) is 0.684. The highest BCUT2D eigenvalue weighted by Gasteiger charge is 2.24. The van der Waals surface area contributed by atoms with Gasteiger partial charge in [-0.05, 0) is 48.9 Å². The van der Waals surface area contributed by atoms with Gasteiger partial charge in [-0.2, -0.15) is 0 Å². The van der Waals surface area contributed by atoms with E-state index in [0.717, 1.165) is 12.5 Å². The molecule has 2 rings (SSSR count). The van der Waals surface area contributed by atoms with Gasteiger partial charge in [-0.15, -0.1) is 0 Å². The van der Waals surface area contributed by atoms with E-state index in [1.165, 1.54) is 49.9 Å². The summed E-state index contributed by atoms with van der Waals surface area (Å²) in [4.78, 5) is 2.59. The van der Waals surface area contributed by atoms with Gasteiger partial charge in [-0.1, -0.05) is 57.9 Å². The van der Waals surface area contributed by atoms with Crippen LogP contribution in [0.4, 0.5) is 0 Å². The van der Waals surface area contributed by atoms with E-state index in [1.54, 1.807) is 0 Å². The predicted octanol–water partition coefficient (Wildman–Crippen LogP) is 4.32. The Morgan fingerprint density at radius 1 is 1.10 bits per heavy atom. The maximum atomic E-state index is 6.09. The number of piperidine rings is 1. The molecule has 0 bridgehead atoms. The van der Waals surface area contributed by atoms with E-state index in [0.29, 0.717) is 12.0 Å². The molecule has 1 atom stereocenters. The Kier molecular flexibility index (Phi) is 6.25. The van der Waals surface area contributed by atoms with Crippen LogP contribution in [0.3, 0.4) is 0 Å². The van der Waals surface area contributed by atoms with Crippen molar-refractivity contribution < 1.29 is 0 Å². The largest absolute Gasteiger partial charge is 0.329 e. The Morgan fingerprint density at radius 3 is 2.14 bits per heavy atom. The van der Waals surface area contributed by atoms with Crippen LogP contribution in [-0.2, 0) is 0 Å². The van der Waals surface area contributed by atoms with Gasteiger partial charge in [0.15, 0.2) is 0 Å². The topological polar surface area (TPSA) is 29.3 Å². The van der Waals surface area contributed by atoms with E-state index in [2.05, 4.69) is 49.9 Å². The zero-order valence-electron chi connectivity index (χ0n) is 14.0. The number of rotatable bonds is 6. The Morgan fingerprint density at radius 2 is 1.67 bits per heavy atom. The Balaban J connectivity index is 1.99. The van der Waals surface area contributed by atoms with Gasteiger partial charge >= 0.3 is 0 Å². The molecule has 0 amide bonds. The Labute approximate surface area is 130 Å².